The predicted octanol–water partition coefficient (Wildman–Crippen LogP) is 1.44. The van der Waals surface area contributed by atoms with E-state index in [0.717, 1.165) is 5.56 Å². The Labute approximate surface area is 104 Å². The largest absolute Gasteiger partial charge is 0.389 e. The minimum Gasteiger partial charge on any atom is -0.389 e. The van der Waals surface area contributed by atoms with Gasteiger partial charge in [0.05, 0.1) is 6.10 Å². The maximum absolute atomic E-state index is 9.87. The van der Waals surface area contributed by atoms with Crippen LogP contribution in [0.4, 0.5) is 0 Å². The Morgan fingerprint density at radius 3 is 2.56 bits per heavy atom. The maximum Gasteiger partial charge on any atom is 0.336 e. The number of hydrogen-bond donors (Lipinski definition) is 1. The fraction of sp³-hybridized carbons (Fsp3) is 0.385. The van der Waals surface area contributed by atoms with Crippen molar-refractivity contribution in [3.63, 3.8) is 0 Å². The first kappa shape index (κ1) is 11.8. The van der Waals surface area contributed by atoms with Crippen molar-refractivity contribution >= 4 is 0 Å². The molecule has 5 nitrogen and oxygen atoms in total. The van der Waals surface area contributed by atoms with Crippen LogP contribution in [0.15, 0.2) is 42.0 Å². The minimum atomic E-state index is -1.37. The summed E-state index contributed by atoms with van der Waals surface area (Å²) in [7, 11) is 1.45. The summed E-state index contributed by atoms with van der Waals surface area (Å²) in [4.78, 5) is 10.4. The lowest BCUT2D eigenvalue weighted by Gasteiger charge is -2.26. The van der Waals surface area contributed by atoms with Crippen molar-refractivity contribution in [2.24, 2.45) is 0 Å². The normalized spacial score (nSPS) is 35.6. The van der Waals surface area contributed by atoms with Gasteiger partial charge in [-0.3, -0.25) is 4.74 Å². The van der Waals surface area contributed by atoms with Gasteiger partial charge in [0.1, 0.15) is 0 Å². The lowest BCUT2D eigenvalue weighted by Crippen LogP contribution is -2.32. The molecular formula is C13H14O5. The first-order valence-electron chi connectivity index (χ1n) is 5.71. The third-order valence-electron chi connectivity index (χ3n) is 3.16. The number of rotatable bonds is 3. The van der Waals surface area contributed by atoms with E-state index in [9.17, 15) is 5.11 Å². The van der Waals surface area contributed by atoms with Crippen LogP contribution in [0.25, 0.3) is 0 Å². The average Bonchev–Trinajstić information content (AvgIpc) is 2.95. The molecule has 0 aliphatic carbocycles. The van der Waals surface area contributed by atoms with Crippen LogP contribution >= 0.6 is 0 Å². The van der Waals surface area contributed by atoms with Gasteiger partial charge in [0.15, 0.2) is 0 Å². The summed E-state index contributed by atoms with van der Waals surface area (Å²) < 4.78 is 10.9. The summed E-state index contributed by atoms with van der Waals surface area (Å²) in [5, 5.41) is 9.87. The Balaban J connectivity index is 2.10. The highest BCUT2D eigenvalue weighted by atomic mass is 17.3. The van der Waals surface area contributed by atoms with Gasteiger partial charge in [-0.15, -0.1) is 0 Å². The molecule has 3 atom stereocenters. The van der Waals surface area contributed by atoms with E-state index in [1.807, 2.05) is 30.3 Å². The van der Waals surface area contributed by atoms with Crippen molar-refractivity contribution in [2.45, 2.75) is 24.8 Å². The molecule has 0 radical (unpaired) electrons. The minimum absolute atomic E-state index is 0.571. The highest BCUT2D eigenvalue weighted by Crippen LogP contribution is 2.53. The zero-order chi connectivity index (χ0) is 12.8. The van der Waals surface area contributed by atoms with Crippen LogP contribution in [-0.4, -0.2) is 24.3 Å². The molecule has 0 saturated carbocycles. The molecular weight excluding hydrogens is 236 g/mol. The molecule has 5 heteroatoms. The monoisotopic (exact) mass is 250 g/mol. The molecule has 1 saturated heterocycles. The number of fused-ring (bicyclic) bond motifs is 2. The standard InChI is InChI=1S/C13H14O5/c1-9(14)11-8-12(15-2)16-13(11,18-17-12)10-6-4-3-5-7-10/h3-9,14H,1-2H3. The smallest absolute Gasteiger partial charge is 0.336 e. The fourth-order valence-electron chi connectivity index (χ4n) is 2.26. The van der Waals surface area contributed by atoms with Crippen molar-refractivity contribution in [1.82, 2.24) is 0 Å². The molecule has 3 rings (SSSR count). The van der Waals surface area contributed by atoms with E-state index in [1.165, 1.54) is 7.11 Å². The average molecular weight is 250 g/mol. The van der Waals surface area contributed by atoms with E-state index >= 15 is 0 Å². The maximum atomic E-state index is 9.87. The lowest BCUT2D eigenvalue weighted by atomic mass is 9.94. The first-order valence-corrected chi connectivity index (χ1v) is 5.71. The number of aliphatic hydroxyl groups is 1. The Bertz CT molecular complexity index is 483. The van der Waals surface area contributed by atoms with E-state index in [-0.39, 0.29) is 0 Å². The number of methoxy groups -OCH3 is 1. The topological polar surface area (TPSA) is 57.2 Å². The van der Waals surface area contributed by atoms with E-state index in [0.29, 0.717) is 5.57 Å². The summed E-state index contributed by atoms with van der Waals surface area (Å²) in [6, 6.07) is 9.30. The van der Waals surface area contributed by atoms with Crippen LogP contribution < -0.4 is 0 Å². The lowest BCUT2D eigenvalue weighted by molar-refractivity contribution is -0.397. The summed E-state index contributed by atoms with van der Waals surface area (Å²) in [5.41, 5.74) is 1.32. The Morgan fingerprint density at radius 1 is 1.22 bits per heavy atom. The summed E-state index contributed by atoms with van der Waals surface area (Å²) in [6.45, 7) is 1.65. The van der Waals surface area contributed by atoms with Gasteiger partial charge in [-0.05, 0) is 6.92 Å². The Morgan fingerprint density at radius 2 is 1.94 bits per heavy atom. The molecule has 0 spiro atoms. The van der Waals surface area contributed by atoms with Crippen molar-refractivity contribution < 1.29 is 24.4 Å². The summed E-state index contributed by atoms with van der Waals surface area (Å²) >= 11 is 0. The van der Waals surface area contributed by atoms with Gasteiger partial charge in [-0.1, -0.05) is 30.3 Å². The Kier molecular flexibility index (Phi) is 2.55. The van der Waals surface area contributed by atoms with Gasteiger partial charge in [0.25, 0.3) is 5.79 Å². The van der Waals surface area contributed by atoms with Gasteiger partial charge in [0, 0.05) is 24.3 Å². The second-order valence-corrected chi connectivity index (χ2v) is 4.33. The van der Waals surface area contributed by atoms with Gasteiger partial charge in [-0.2, -0.15) is 9.78 Å². The van der Waals surface area contributed by atoms with Crippen molar-refractivity contribution in [3.8, 4) is 0 Å². The fourth-order valence-corrected chi connectivity index (χ4v) is 2.26. The van der Waals surface area contributed by atoms with Gasteiger partial charge in [-0.25, -0.2) is 0 Å². The van der Waals surface area contributed by atoms with Gasteiger partial charge in [0.2, 0.25) is 0 Å². The van der Waals surface area contributed by atoms with E-state index in [1.54, 1.807) is 13.0 Å². The van der Waals surface area contributed by atoms with Gasteiger partial charge >= 0.3 is 5.97 Å². The number of ether oxygens (including phenoxy) is 2. The van der Waals surface area contributed by atoms with E-state index in [4.69, 9.17) is 19.2 Å². The number of aliphatic hydroxyl groups excluding tert-OH is 1. The highest BCUT2D eigenvalue weighted by Gasteiger charge is 2.63. The molecule has 1 aromatic carbocycles. The van der Waals surface area contributed by atoms with Gasteiger partial charge < -0.3 is 9.84 Å². The van der Waals surface area contributed by atoms with Crippen molar-refractivity contribution in [1.29, 1.82) is 0 Å². The molecule has 1 fully saturated rings. The summed E-state index contributed by atoms with van der Waals surface area (Å²) in [5.74, 6) is -2.60. The molecule has 96 valence electrons. The SMILES string of the molecule is COC12C=C(C(C)O)C(c3ccccc3)(OO1)O2. The molecule has 2 aliphatic heterocycles. The zero-order valence-corrected chi connectivity index (χ0v) is 10.1. The second kappa shape index (κ2) is 3.88. The van der Waals surface area contributed by atoms with E-state index in [2.05, 4.69) is 0 Å². The quantitative estimate of drug-likeness (QED) is 0.649. The molecule has 0 amide bonds. The first-order chi connectivity index (χ1) is 8.62. The second-order valence-electron chi connectivity index (χ2n) is 4.33. The third-order valence-corrected chi connectivity index (χ3v) is 3.16. The number of benzene rings is 1. The third kappa shape index (κ3) is 1.46. The molecule has 2 heterocycles. The summed E-state index contributed by atoms with van der Waals surface area (Å²) in [6.07, 6.45) is 0.875. The van der Waals surface area contributed by atoms with Crippen LogP contribution in [0.2, 0.25) is 0 Å². The zero-order valence-electron chi connectivity index (χ0n) is 10.1. The van der Waals surface area contributed by atoms with Crippen LogP contribution in [0.3, 0.4) is 0 Å². The molecule has 2 aliphatic rings. The molecule has 1 aromatic rings. The number of hydrogen-bond acceptors (Lipinski definition) is 5. The van der Waals surface area contributed by atoms with Crippen LogP contribution in [0.5, 0.6) is 0 Å². The highest BCUT2D eigenvalue weighted by molar-refractivity contribution is 5.37. The van der Waals surface area contributed by atoms with Crippen LogP contribution in [0, 0.1) is 0 Å². The van der Waals surface area contributed by atoms with Crippen LogP contribution in [0.1, 0.15) is 12.5 Å². The molecule has 2 bridgehead atoms. The molecule has 1 N–H and O–H groups in total. The predicted molar refractivity (Wildman–Crippen MR) is 60.9 cm³/mol. The molecule has 0 aromatic heterocycles. The molecule has 3 unspecified atom stereocenters. The van der Waals surface area contributed by atoms with E-state index < -0.39 is 17.9 Å². The van der Waals surface area contributed by atoms with Crippen molar-refractivity contribution in [2.75, 3.05) is 7.11 Å². The van der Waals surface area contributed by atoms with Crippen molar-refractivity contribution in [3.05, 3.63) is 47.5 Å². The van der Waals surface area contributed by atoms with Crippen LogP contribution in [-0.2, 0) is 25.0 Å². The molecule has 18 heavy (non-hydrogen) atoms. The Hall–Kier alpha value is -1.24.